The van der Waals surface area contributed by atoms with E-state index in [9.17, 15) is 14.9 Å². The third kappa shape index (κ3) is 3.67. The number of carbonyl (C=O) groups excluding carboxylic acids is 1. The molecule has 1 amide bonds. The minimum atomic E-state index is -0.566. The normalized spacial score (nSPS) is 10.7. The average Bonchev–Trinajstić information content (AvgIpc) is 2.53. The van der Waals surface area contributed by atoms with E-state index in [1.54, 1.807) is 12.1 Å². The lowest BCUT2D eigenvalue weighted by molar-refractivity contribution is -0.384. The van der Waals surface area contributed by atoms with Gasteiger partial charge in [-0.25, -0.2) is 10.9 Å². The Bertz CT molecular complexity index is 745. The van der Waals surface area contributed by atoms with E-state index in [1.807, 2.05) is 12.1 Å². The number of nitrogens with two attached hydrogens (primary N) is 1. The van der Waals surface area contributed by atoms with Crippen molar-refractivity contribution >= 4 is 28.9 Å². The molecule has 2 N–H and O–H groups in total. The third-order valence-electron chi connectivity index (χ3n) is 3.44. The monoisotopic (exact) mass is 333 g/mol. The summed E-state index contributed by atoms with van der Waals surface area (Å²) in [6.45, 7) is 4.12. The highest BCUT2D eigenvalue weighted by molar-refractivity contribution is 6.34. The van der Waals surface area contributed by atoms with Crippen molar-refractivity contribution in [1.29, 1.82) is 0 Å². The van der Waals surface area contributed by atoms with E-state index in [-0.39, 0.29) is 16.4 Å². The van der Waals surface area contributed by atoms with Gasteiger partial charge in [-0.2, -0.15) is 0 Å². The molecule has 0 fully saturated rings. The van der Waals surface area contributed by atoms with Crippen molar-refractivity contribution in [3.8, 4) is 0 Å². The fraction of sp³-hybridized carbons (Fsp3) is 0.188. The summed E-state index contributed by atoms with van der Waals surface area (Å²) < 4.78 is 0. The fourth-order valence-electron chi connectivity index (χ4n) is 2.06. The summed E-state index contributed by atoms with van der Waals surface area (Å²) in [5.41, 5.74) is 1.56. The summed E-state index contributed by atoms with van der Waals surface area (Å²) in [6.07, 6.45) is 0. The largest absolute Gasteiger partial charge is 0.272 e. The van der Waals surface area contributed by atoms with Gasteiger partial charge in [-0.3, -0.25) is 14.9 Å². The van der Waals surface area contributed by atoms with Crippen molar-refractivity contribution in [1.82, 2.24) is 0 Å². The maximum absolute atomic E-state index is 12.4. The number of rotatable bonds is 4. The summed E-state index contributed by atoms with van der Waals surface area (Å²) in [5, 5.41) is 11.6. The number of hydrogen-bond donors (Lipinski definition) is 1. The summed E-state index contributed by atoms with van der Waals surface area (Å²) >= 11 is 5.99. The molecule has 0 aromatic heterocycles. The molecule has 0 aliphatic rings. The number of nitrogens with zero attached hydrogens (tertiary/aromatic N) is 2. The molecule has 0 aliphatic carbocycles. The highest BCUT2D eigenvalue weighted by Gasteiger charge is 2.19. The highest BCUT2D eigenvalue weighted by Crippen LogP contribution is 2.29. The van der Waals surface area contributed by atoms with Crippen LogP contribution in [0.2, 0.25) is 5.02 Å². The lowest BCUT2D eigenvalue weighted by atomic mass is 10.0. The van der Waals surface area contributed by atoms with Gasteiger partial charge in [-0.15, -0.1) is 0 Å². The molecule has 0 spiro atoms. The molecule has 0 saturated heterocycles. The molecular formula is C16H16ClN3O3. The zero-order valence-electron chi connectivity index (χ0n) is 12.7. The molecule has 0 unspecified atom stereocenters. The number of hydrazine groups is 1. The van der Waals surface area contributed by atoms with Crippen LogP contribution in [0.1, 0.15) is 35.7 Å². The van der Waals surface area contributed by atoms with Crippen LogP contribution in [0.3, 0.4) is 0 Å². The van der Waals surface area contributed by atoms with Gasteiger partial charge in [0.25, 0.3) is 11.6 Å². The maximum atomic E-state index is 12.4. The third-order valence-corrected chi connectivity index (χ3v) is 3.75. The van der Waals surface area contributed by atoms with Gasteiger partial charge in [0.05, 0.1) is 15.6 Å². The molecule has 6 nitrogen and oxygen atoms in total. The van der Waals surface area contributed by atoms with Crippen LogP contribution in [0.4, 0.5) is 11.4 Å². The van der Waals surface area contributed by atoms with Crippen LogP contribution in [0.5, 0.6) is 0 Å². The van der Waals surface area contributed by atoms with Crippen molar-refractivity contribution in [2.75, 3.05) is 5.01 Å². The number of hydrogen-bond acceptors (Lipinski definition) is 4. The first-order valence-electron chi connectivity index (χ1n) is 6.94. The van der Waals surface area contributed by atoms with Crippen LogP contribution in [0, 0.1) is 10.1 Å². The first-order valence-corrected chi connectivity index (χ1v) is 7.32. The predicted octanol–water partition coefficient (Wildman–Crippen LogP) is 3.89. The number of carbonyl (C=O) groups is 1. The summed E-state index contributed by atoms with van der Waals surface area (Å²) in [5.74, 6) is 5.74. The lowest BCUT2D eigenvalue weighted by Gasteiger charge is -2.18. The number of amides is 1. The Morgan fingerprint density at radius 1 is 1.22 bits per heavy atom. The molecular weight excluding hydrogens is 318 g/mol. The fourth-order valence-corrected chi connectivity index (χ4v) is 2.33. The van der Waals surface area contributed by atoms with Gasteiger partial charge in [0.2, 0.25) is 0 Å². The second-order valence-electron chi connectivity index (χ2n) is 5.34. The van der Waals surface area contributed by atoms with Gasteiger partial charge < -0.3 is 0 Å². The van der Waals surface area contributed by atoms with Crippen molar-refractivity contribution in [2.24, 2.45) is 5.84 Å². The van der Waals surface area contributed by atoms with Crippen molar-refractivity contribution in [3.63, 3.8) is 0 Å². The number of anilines is 1. The van der Waals surface area contributed by atoms with Crippen molar-refractivity contribution < 1.29 is 9.72 Å². The van der Waals surface area contributed by atoms with E-state index in [1.165, 1.54) is 12.1 Å². The molecule has 120 valence electrons. The van der Waals surface area contributed by atoms with Gasteiger partial charge in [-0.05, 0) is 29.7 Å². The minimum absolute atomic E-state index is 0.0360. The molecule has 7 heteroatoms. The number of nitro groups is 1. The zero-order valence-corrected chi connectivity index (χ0v) is 13.4. The lowest BCUT2D eigenvalue weighted by Crippen LogP contribution is -2.37. The van der Waals surface area contributed by atoms with Crippen LogP contribution in [0.15, 0.2) is 42.5 Å². The number of halogens is 1. The maximum Gasteiger partial charge on any atom is 0.272 e. The van der Waals surface area contributed by atoms with Gasteiger partial charge in [0.15, 0.2) is 0 Å². The molecule has 2 aromatic carbocycles. The quantitative estimate of drug-likeness (QED) is 0.398. The van der Waals surface area contributed by atoms with E-state index in [2.05, 4.69) is 13.8 Å². The summed E-state index contributed by atoms with van der Waals surface area (Å²) in [6, 6.07) is 10.9. The van der Waals surface area contributed by atoms with E-state index >= 15 is 0 Å². The highest BCUT2D eigenvalue weighted by atomic mass is 35.5. The smallest absolute Gasteiger partial charge is 0.267 e. The molecule has 0 aliphatic heterocycles. The van der Waals surface area contributed by atoms with E-state index in [0.717, 1.165) is 16.6 Å². The molecule has 23 heavy (non-hydrogen) atoms. The Hall–Kier alpha value is -2.44. The molecule has 0 saturated carbocycles. The average molecular weight is 334 g/mol. The Labute approximate surface area is 138 Å². The molecule has 0 bridgehead atoms. The molecule has 0 radical (unpaired) electrons. The standard InChI is InChI=1S/C16H16ClN3O3/c1-10(2)11-3-5-12(6-4-11)16(21)19(18)15-8-7-13(20(22)23)9-14(15)17/h3-10H,18H2,1-2H3. The second-order valence-corrected chi connectivity index (χ2v) is 5.75. The van der Waals surface area contributed by atoms with E-state index in [0.29, 0.717) is 11.5 Å². The molecule has 2 rings (SSSR count). The number of nitro benzene ring substituents is 1. The van der Waals surface area contributed by atoms with E-state index < -0.39 is 10.8 Å². The molecule has 0 heterocycles. The second kappa shape index (κ2) is 6.76. The number of benzene rings is 2. The van der Waals surface area contributed by atoms with Gasteiger partial charge in [-0.1, -0.05) is 37.6 Å². The zero-order chi connectivity index (χ0) is 17.1. The van der Waals surface area contributed by atoms with Crippen LogP contribution in [-0.4, -0.2) is 10.8 Å². The SMILES string of the molecule is CC(C)c1ccc(C(=O)N(N)c2ccc([N+](=O)[O-])cc2Cl)cc1. The minimum Gasteiger partial charge on any atom is -0.267 e. The Balaban J connectivity index is 2.27. The topological polar surface area (TPSA) is 89.5 Å². The van der Waals surface area contributed by atoms with Crippen molar-refractivity contribution in [3.05, 3.63) is 68.7 Å². The molecule has 2 aromatic rings. The van der Waals surface area contributed by atoms with Crippen LogP contribution in [-0.2, 0) is 0 Å². The Morgan fingerprint density at radius 2 is 1.83 bits per heavy atom. The van der Waals surface area contributed by atoms with E-state index in [4.69, 9.17) is 17.4 Å². The van der Waals surface area contributed by atoms with Crippen LogP contribution >= 0.6 is 11.6 Å². The summed E-state index contributed by atoms with van der Waals surface area (Å²) in [4.78, 5) is 22.6. The first-order chi connectivity index (χ1) is 10.8. The Morgan fingerprint density at radius 3 is 2.30 bits per heavy atom. The number of non-ortho nitro benzene ring substituents is 1. The van der Waals surface area contributed by atoms with Crippen LogP contribution in [0.25, 0.3) is 0 Å². The van der Waals surface area contributed by atoms with Gasteiger partial charge in [0, 0.05) is 17.7 Å². The van der Waals surface area contributed by atoms with Crippen molar-refractivity contribution in [2.45, 2.75) is 19.8 Å². The first kappa shape index (κ1) is 16.9. The summed E-state index contributed by atoms with van der Waals surface area (Å²) in [7, 11) is 0. The van der Waals surface area contributed by atoms with Gasteiger partial charge >= 0.3 is 0 Å². The van der Waals surface area contributed by atoms with Crippen LogP contribution < -0.4 is 10.9 Å². The predicted molar refractivity (Wildman–Crippen MR) is 89.6 cm³/mol. The Kier molecular flexibility index (Phi) is 4.98. The molecule has 0 atom stereocenters. The van der Waals surface area contributed by atoms with Gasteiger partial charge in [0.1, 0.15) is 0 Å².